The van der Waals surface area contributed by atoms with Crippen LogP contribution in [0.3, 0.4) is 0 Å². The number of hydrogen-bond donors (Lipinski definition) is 1. The van der Waals surface area contributed by atoms with Crippen LogP contribution < -0.4 is 15.6 Å². The Bertz CT molecular complexity index is 1220. The largest absolute Gasteiger partial charge is 0.482 e. The standard InChI is InChI=1S/C25H22ClN3O2/c1-18-21(26)13-8-14-22(18)27-25-28-24(30)23(31-17-20-11-6-3-7-12-20)16-29(25)15-19-9-4-2-5-10-19/h2-14,16H,15,17H2,1H3,(H,27,28,30). The molecule has 0 saturated carbocycles. The van der Waals surface area contributed by atoms with Gasteiger partial charge < -0.3 is 14.6 Å². The van der Waals surface area contributed by atoms with Crippen LogP contribution in [0.15, 0.2) is 89.9 Å². The van der Waals surface area contributed by atoms with E-state index in [1.54, 1.807) is 6.20 Å². The molecule has 0 spiro atoms. The minimum Gasteiger partial charge on any atom is -0.482 e. The van der Waals surface area contributed by atoms with E-state index in [-0.39, 0.29) is 5.75 Å². The summed E-state index contributed by atoms with van der Waals surface area (Å²) in [6.07, 6.45) is 1.70. The van der Waals surface area contributed by atoms with Crippen LogP contribution in [0.2, 0.25) is 5.02 Å². The number of nitrogens with zero attached hydrogens (tertiary/aromatic N) is 2. The molecule has 6 heteroatoms. The number of anilines is 2. The van der Waals surface area contributed by atoms with Crippen molar-refractivity contribution in [1.29, 1.82) is 0 Å². The van der Waals surface area contributed by atoms with Gasteiger partial charge >= 0.3 is 5.56 Å². The summed E-state index contributed by atoms with van der Waals surface area (Å²) in [5.41, 5.74) is 3.30. The van der Waals surface area contributed by atoms with Crippen molar-refractivity contribution in [3.8, 4) is 5.75 Å². The predicted molar refractivity (Wildman–Crippen MR) is 124 cm³/mol. The second kappa shape index (κ2) is 9.49. The highest BCUT2D eigenvalue weighted by Crippen LogP contribution is 2.26. The van der Waals surface area contributed by atoms with Gasteiger partial charge in [-0.15, -0.1) is 0 Å². The zero-order chi connectivity index (χ0) is 21.6. The SMILES string of the molecule is Cc1c(Cl)cccc1Nc1nc(=O)c(OCc2ccccc2)cn1Cc1ccccc1. The highest BCUT2D eigenvalue weighted by molar-refractivity contribution is 6.31. The quantitative estimate of drug-likeness (QED) is 0.415. The molecule has 0 saturated heterocycles. The summed E-state index contributed by atoms with van der Waals surface area (Å²) in [4.78, 5) is 17.0. The Morgan fingerprint density at radius 1 is 0.935 bits per heavy atom. The Hall–Kier alpha value is -3.57. The topological polar surface area (TPSA) is 56.1 Å². The fraction of sp³-hybridized carbons (Fsp3) is 0.120. The van der Waals surface area contributed by atoms with Crippen LogP contribution in [-0.4, -0.2) is 9.55 Å². The van der Waals surface area contributed by atoms with E-state index in [0.717, 1.165) is 22.4 Å². The summed E-state index contributed by atoms with van der Waals surface area (Å²) >= 11 is 6.26. The first kappa shape index (κ1) is 20.7. The van der Waals surface area contributed by atoms with Gasteiger partial charge in [0.05, 0.1) is 12.7 Å². The van der Waals surface area contributed by atoms with Crippen molar-refractivity contribution in [2.45, 2.75) is 20.1 Å². The lowest BCUT2D eigenvalue weighted by Gasteiger charge is -2.17. The number of aromatic nitrogens is 2. The molecular formula is C25H22ClN3O2. The number of nitrogens with one attached hydrogen (secondary N) is 1. The number of benzene rings is 3. The lowest BCUT2D eigenvalue weighted by atomic mass is 10.2. The van der Waals surface area contributed by atoms with E-state index in [1.807, 2.05) is 90.4 Å². The molecule has 4 rings (SSSR count). The van der Waals surface area contributed by atoms with Gasteiger partial charge in [-0.2, -0.15) is 4.98 Å². The number of halogens is 1. The Kier molecular flexibility index (Phi) is 6.34. The third-order valence-corrected chi connectivity index (χ3v) is 5.32. The van der Waals surface area contributed by atoms with Gasteiger partial charge in [0.25, 0.3) is 0 Å². The zero-order valence-electron chi connectivity index (χ0n) is 17.1. The fourth-order valence-corrected chi connectivity index (χ4v) is 3.35. The predicted octanol–water partition coefficient (Wildman–Crippen LogP) is 5.58. The van der Waals surface area contributed by atoms with E-state index in [2.05, 4.69) is 10.3 Å². The molecule has 0 aliphatic heterocycles. The van der Waals surface area contributed by atoms with Crippen LogP contribution in [0.25, 0.3) is 0 Å². The number of ether oxygens (including phenoxy) is 1. The molecule has 3 aromatic carbocycles. The summed E-state index contributed by atoms with van der Waals surface area (Å²) in [5.74, 6) is 0.624. The van der Waals surface area contributed by atoms with Crippen LogP contribution in [0.4, 0.5) is 11.6 Å². The summed E-state index contributed by atoms with van der Waals surface area (Å²) < 4.78 is 7.68. The van der Waals surface area contributed by atoms with Crippen molar-refractivity contribution < 1.29 is 4.74 Å². The van der Waals surface area contributed by atoms with Gasteiger partial charge in [-0.05, 0) is 35.7 Å². The summed E-state index contributed by atoms with van der Waals surface area (Å²) in [7, 11) is 0. The van der Waals surface area contributed by atoms with Crippen molar-refractivity contribution in [3.05, 3.63) is 117 Å². The van der Waals surface area contributed by atoms with Crippen molar-refractivity contribution in [2.24, 2.45) is 0 Å². The zero-order valence-corrected chi connectivity index (χ0v) is 17.8. The van der Waals surface area contributed by atoms with E-state index < -0.39 is 5.56 Å². The van der Waals surface area contributed by atoms with E-state index >= 15 is 0 Å². The maximum absolute atomic E-state index is 12.7. The lowest BCUT2D eigenvalue weighted by Crippen LogP contribution is -2.19. The Balaban J connectivity index is 1.68. The summed E-state index contributed by atoms with van der Waals surface area (Å²) in [6.45, 7) is 2.74. The molecule has 0 aliphatic carbocycles. The first-order valence-corrected chi connectivity index (χ1v) is 10.3. The molecule has 156 valence electrons. The van der Waals surface area contributed by atoms with Crippen LogP contribution in [0.1, 0.15) is 16.7 Å². The molecule has 1 heterocycles. The van der Waals surface area contributed by atoms with Crippen molar-refractivity contribution in [3.63, 3.8) is 0 Å². The van der Waals surface area contributed by atoms with Crippen LogP contribution in [0.5, 0.6) is 5.75 Å². The molecule has 0 fully saturated rings. The second-order valence-electron chi connectivity index (χ2n) is 7.16. The smallest absolute Gasteiger partial charge is 0.316 e. The Morgan fingerprint density at radius 3 is 2.32 bits per heavy atom. The maximum atomic E-state index is 12.7. The van der Waals surface area contributed by atoms with Crippen LogP contribution >= 0.6 is 11.6 Å². The molecule has 4 aromatic rings. The van der Waals surface area contributed by atoms with Crippen LogP contribution in [-0.2, 0) is 13.2 Å². The van der Waals surface area contributed by atoms with E-state index in [0.29, 0.717) is 24.1 Å². The molecule has 0 atom stereocenters. The van der Waals surface area contributed by atoms with Crippen molar-refractivity contribution in [1.82, 2.24) is 9.55 Å². The highest BCUT2D eigenvalue weighted by atomic mass is 35.5. The lowest BCUT2D eigenvalue weighted by molar-refractivity contribution is 0.298. The normalized spacial score (nSPS) is 10.6. The van der Waals surface area contributed by atoms with Crippen LogP contribution in [0, 0.1) is 6.92 Å². The van der Waals surface area contributed by atoms with Gasteiger partial charge in [-0.3, -0.25) is 4.79 Å². The first-order valence-electron chi connectivity index (χ1n) is 9.94. The van der Waals surface area contributed by atoms with Crippen molar-refractivity contribution >= 4 is 23.2 Å². The third-order valence-electron chi connectivity index (χ3n) is 4.91. The molecular weight excluding hydrogens is 410 g/mol. The van der Waals surface area contributed by atoms with Crippen molar-refractivity contribution in [2.75, 3.05) is 5.32 Å². The van der Waals surface area contributed by atoms with Gasteiger partial charge in [0.2, 0.25) is 11.7 Å². The summed E-state index contributed by atoms with van der Waals surface area (Å²) in [5, 5.41) is 3.90. The molecule has 0 aliphatic rings. The maximum Gasteiger partial charge on any atom is 0.316 e. The molecule has 5 nitrogen and oxygen atoms in total. The van der Waals surface area contributed by atoms with E-state index in [1.165, 1.54) is 0 Å². The van der Waals surface area contributed by atoms with Gasteiger partial charge in [-0.1, -0.05) is 78.3 Å². The van der Waals surface area contributed by atoms with E-state index in [4.69, 9.17) is 16.3 Å². The summed E-state index contributed by atoms with van der Waals surface area (Å²) in [6, 6.07) is 25.3. The van der Waals surface area contributed by atoms with Gasteiger partial charge in [0.1, 0.15) is 6.61 Å². The van der Waals surface area contributed by atoms with Gasteiger partial charge in [-0.25, -0.2) is 0 Å². The minimum atomic E-state index is -0.428. The molecule has 31 heavy (non-hydrogen) atoms. The Morgan fingerprint density at radius 2 is 1.61 bits per heavy atom. The number of hydrogen-bond acceptors (Lipinski definition) is 4. The minimum absolute atomic E-state index is 0.202. The average Bonchev–Trinajstić information content (AvgIpc) is 2.79. The average molecular weight is 432 g/mol. The van der Waals surface area contributed by atoms with E-state index in [9.17, 15) is 4.79 Å². The molecule has 1 N–H and O–H groups in total. The van der Waals surface area contributed by atoms with Gasteiger partial charge in [0.15, 0.2) is 0 Å². The molecule has 0 radical (unpaired) electrons. The number of rotatable bonds is 7. The third kappa shape index (κ3) is 5.13. The highest BCUT2D eigenvalue weighted by Gasteiger charge is 2.12. The monoisotopic (exact) mass is 431 g/mol. The molecule has 0 unspecified atom stereocenters. The fourth-order valence-electron chi connectivity index (χ4n) is 3.17. The molecule has 0 bridgehead atoms. The van der Waals surface area contributed by atoms with Gasteiger partial charge in [0, 0.05) is 10.7 Å². The Labute approximate surface area is 185 Å². The molecule has 0 amide bonds. The molecule has 1 aromatic heterocycles. The second-order valence-corrected chi connectivity index (χ2v) is 7.57. The first-order chi connectivity index (χ1) is 15.1.